The van der Waals surface area contributed by atoms with E-state index in [9.17, 15) is 9.90 Å². The summed E-state index contributed by atoms with van der Waals surface area (Å²) in [7, 11) is 0. The molecule has 1 aromatic heterocycles. The van der Waals surface area contributed by atoms with Crippen molar-refractivity contribution in [2.75, 3.05) is 0 Å². The second-order valence-corrected chi connectivity index (χ2v) is 4.84. The molecule has 0 radical (unpaired) electrons. The molecule has 0 spiro atoms. The maximum Gasteiger partial charge on any atom is 0.224 e. The van der Waals surface area contributed by atoms with Crippen LogP contribution >= 0.6 is 0 Å². The van der Waals surface area contributed by atoms with Crippen molar-refractivity contribution >= 4 is 5.91 Å². The minimum Gasteiger partial charge on any atom is -0.508 e. The van der Waals surface area contributed by atoms with Crippen LogP contribution in [0.1, 0.15) is 23.7 Å². The molecule has 1 aromatic carbocycles. The van der Waals surface area contributed by atoms with E-state index in [0.29, 0.717) is 6.54 Å². The van der Waals surface area contributed by atoms with Gasteiger partial charge in [0.25, 0.3) is 0 Å². The lowest BCUT2D eigenvalue weighted by Gasteiger charge is -2.03. The molecule has 19 heavy (non-hydrogen) atoms. The third kappa shape index (κ3) is 2.62. The number of benzene rings is 1. The predicted octanol–water partition coefficient (Wildman–Crippen LogP) is 2.41. The van der Waals surface area contributed by atoms with E-state index in [0.717, 1.165) is 17.7 Å². The second kappa shape index (κ2) is 4.80. The van der Waals surface area contributed by atoms with Crippen molar-refractivity contribution in [1.29, 1.82) is 0 Å². The van der Waals surface area contributed by atoms with Crippen LogP contribution in [0.15, 0.2) is 47.1 Å². The Balaban J connectivity index is 1.54. The molecule has 4 nitrogen and oxygen atoms in total. The van der Waals surface area contributed by atoms with E-state index in [1.165, 1.54) is 0 Å². The highest BCUT2D eigenvalue weighted by molar-refractivity contribution is 5.82. The van der Waals surface area contributed by atoms with Gasteiger partial charge in [0.05, 0.1) is 12.8 Å². The smallest absolute Gasteiger partial charge is 0.224 e. The summed E-state index contributed by atoms with van der Waals surface area (Å²) in [6.07, 6.45) is 2.46. The summed E-state index contributed by atoms with van der Waals surface area (Å²) >= 11 is 0. The average molecular weight is 257 g/mol. The van der Waals surface area contributed by atoms with Crippen molar-refractivity contribution in [3.63, 3.8) is 0 Å². The van der Waals surface area contributed by atoms with E-state index < -0.39 is 0 Å². The Hall–Kier alpha value is -2.23. The molecule has 98 valence electrons. The minimum absolute atomic E-state index is 0.0412. The van der Waals surface area contributed by atoms with Crippen molar-refractivity contribution in [3.05, 3.63) is 54.0 Å². The molecule has 3 rings (SSSR count). The van der Waals surface area contributed by atoms with Crippen LogP contribution in [-0.4, -0.2) is 11.0 Å². The zero-order valence-corrected chi connectivity index (χ0v) is 10.4. The molecular weight excluding hydrogens is 242 g/mol. The highest BCUT2D eigenvalue weighted by Gasteiger charge is 2.43. The lowest BCUT2D eigenvalue weighted by molar-refractivity contribution is -0.122. The van der Waals surface area contributed by atoms with Gasteiger partial charge in [0, 0.05) is 5.92 Å². The number of phenolic OH excluding ortho intramolecular Hbond substituents is 1. The first kappa shape index (κ1) is 11.8. The first-order valence-corrected chi connectivity index (χ1v) is 6.33. The normalized spacial score (nSPS) is 21.1. The zero-order chi connectivity index (χ0) is 13.2. The Morgan fingerprint density at radius 2 is 2.11 bits per heavy atom. The number of nitrogens with one attached hydrogen (secondary N) is 1. The minimum atomic E-state index is 0.0412. The predicted molar refractivity (Wildman–Crippen MR) is 69.5 cm³/mol. The molecule has 0 saturated heterocycles. The van der Waals surface area contributed by atoms with Crippen LogP contribution in [0.2, 0.25) is 0 Å². The molecule has 1 amide bonds. The number of carbonyl (C=O) groups excluding carboxylic acids is 1. The summed E-state index contributed by atoms with van der Waals surface area (Å²) in [6.45, 7) is 0.435. The van der Waals surface area contributed by atoms with Gasteiger partial charge in [-0.1, -0.05) is 12.1 Å². The van der Waals surface area contributed by atoms with Crippen LogP contribution in [0.4, 0.5) is 0 Å². The van der Waals surface area contributed by atoms with Crippen LogP contribution in [0.25, 0.3) is 0 Å². The SMILES string of the molecule is O=C(NCc1ccco1)C1CC1c1ccc(O)cc1. The number of hydrogen-bond acceptors (Lipinski definition) is 3. The van der Waals surface area contributed by atoms with Gasteiger partial charge in [0.1, 0.15) is 11.5 Å². The second-order valence-electron chi connectivity index (χ2n) is 4.84. The number of phenols is 1. The van der Waals surface area contributed by atoms with Gasteiger partial charge in [-0.25, -0.2) is 0 Å². The number of carbonyl (C=O) groups is 1. The summed E-state index contributed by atoms with van der Waals surface area (Å²) in [4.78, 5) is 11.9. The Bertz CT molecular complexity index is 560. The van der Waals surface area contributed by atoms with Gasteiger partial charge in [-0.2, -0.15) is 0 Å². The maximum atomic E-state index is 11.9. The van der Waals surface area contributed by atoms with Crippen molar-refractivity contribution in [2.45, 2.75) is 18.9 Å². The van der Waals surface area contributed by atoms with Crippen molar-refractivity contribution < 1.29 is 14.3 Å². The van der Waals surface area contributed by atoms with Crippen LogP contribution in [-0.2, 0) is 11.3 Å². The fraction of sp³-hybridized carbons (Fsp3) is 0.267. The van der Waals surface area contributed by atoms with Gasteiger partial charge in [0.2, 0.25) is 5.91 Å². The fourth-order valence-corrected chi connectivity index (χ4v) is 2.29. The van der Waals surface area contributed by atoms with E-state index in [1.807, 2.05) is 18.2 Å². The van der Waals surface area contributed by atoms with E-state index >= 15 is 0 Å². The van der Waals surface area contributed by atoms with Gasteiger partial charge in [-0.15, -0.1) is 0 Å². The van der Waals surface area contributed by atoms with Gasteiger partial charge < -0.3 is 14.8 Å². The van der Waals surface area contributed by atoms with Crippen LogP contribution < -0.4 is 5.32 Å². The number of furan rings is 1. The van der Waals surface area contributed by atoms with Crippen LogP contribution in [0, 0.1) is 5.92 Å². The monoisotopic (exact) mass is 257 g/mol. The molecule has 1 saturated carbocycles. The first-order chi connectivity index (χ1) is 9.24. The van der Waals surface area contributed by atoms with E-state index in [1.54, 1.807) is 24.5 Å². The molecular formula is C15H15NO3. The first-order valence-electron chi connectivity index (χ1n) is 6.33. The number of amides is 1. The quantitative estimate of drug-likeness (QED) is 0.884. The topological polar surface area (TPSA) is 62.5 Å². The van der Waals surface area contributed by atoms with Gasteiger partial charge in [-0.05, 0) is 42.2 Å². The molecule has 0 bridgehead atoms. The lowest BCUT2D eigenvalue weighted by atomic mass is 10.1. The number of rotatable bonds is 4. The molecule has 2 atom stereocenters. The summed E-state index contributed by atoms with van der Waals surface area (Å²) in [5, 5.41) is 12.1. The Morgan fingerprint density at radius 1 is 1.32 bits per heavy atom. The van der Waals surface area contributed by atoms with E-state index in [4.69, 9.17) is 4.42 Å². The Kier molecular flexibility index (Phi) is 2.99. The van der Waals surface area contributed by atoms with Gasteiger partial charge in [-0.3, -0.25) is 4.79 Å². The number of aromatic hydroxyl groups is 1. The van der Waals surface area contributed by atoms with Gasteiger partial charge in [0.15, 0.2) is 0 Å². The molecule has 1 aliphatic rings. The third-order valence-electron chi connectivity index (χ3n) is 3.47. The molecule has 2 aromatic rings. The molecule has 1 fully saturated rings. The van der Waals surface area contributed by atoms with Crippen LogP contribution in [0.5, 0.6) is 5.75 Å². The Morgan fingerprint density at radius 3 is 2.79 bits per heavy atom. The highest BCUT2D eigenvalue weighted by Crippen LogP contribution is 2.47. The standard InChI is InChI=1S/C15H15NO3/c17-11-5-3-10(4-6-11)13-8-14(13)15(18)16-9-12-2-1-7-19-12/h1-7,13-14,17H,8-9H2,(H,16,18). The largest absolute Gasteiger partial charge is 0.508 e. The fourth-order valence-electron chi connectivity index (χ4n) is 2.29. The summed E-state index contributed by atoms with van der Waals surface area (Å²) in [5.41, 5.74) is 1.11. The summed E-state index contributed by atoms with van der Waals surface area (Å²) in [5.74, 6) is 1.39. The molecule has 2 N–H and O–H groups in total. The third-order valence-corrected chi connectivity index (χ3v) is 3.47. The molecule has 1 aliphatic carbocycles. The Labute approximate surface area is 111 Å². The lowest BCUT2D eigenvalue weighted by Crippen LogP contribution is -2.24. The van der Waals surface area contributed by atoms with Crippen molar-refractivity contribution in [3.8, 4) is 5.75 Å². The van der Waals surface area contributed by atoms with Gasteiger partial charge >= 0.3 is 0 Å². The molecule has 1 heterocycles. The summed E-state index contributed by atoms with van der Waals surface area (Å²) in [6, 6.07) is 10.7. The number of hydrogen-bond donors (Lipinski definition) is 2. The zero-order valence-electron chi connectivity index (χ0n) is 10.4. The average Bonchev–Trinajstić information content (AvgIpc) is 3.05. The van der Waals surface area contributed by atoms with E-state index in [-0.39, 0.29) is 23.5 Å². The van der Waals surface area contributed by atoms with Crippen molar-refractivity contribution in [2.24, 2.45) is 5.92 Å². The highest BCUT2D eigenvalue weighted by atomic mass is 16.3. The van der Waals surface area contributed by atoms with Crippen LogP contribution in [0.3, 0.4) is 0 Å². The summed E-state index contributed by atoms with van der Waals surface area (Å²) < 4.78 is 5.17. The molecule has 0 aliphatic heterocycles. The maximum absolute atomic E-state index is 11.9. The van der Waals surface area contributed by atoms with E-state index in [2.05, 4.69) is 5.32 Å². The molecule has 4 heteroatoms. The van der Waals surface area contributed by atoms with Crippen molar-refractivity contribution in [1.82, 2.24) is 5.32 Å². The molecule has 2 unspecified atom stereocenters.